The second-order valence-electron chi connectivity index (χ2n) is 2.17. The molecule has 6 nitrogen and oxygen atoms in total. The topological polar surface area (TPSA) is 110 Å². The Morgan fingerprint density at radius 2 is 1.56 bits per heavy atom. The third-order valence-electron chi connectivity index (χ3n) is 1.16. The number of aliphatic hydroxyl groups excluding tert-OH is 1. The van der Waals surface area contributed by atoms with Crippen LogP contribution < -0.4 is 9.79 Å². The molecule has 1 N–H and O–H groups in total. The van der Waals surface area contributed by atoms with E-state index in [1.807, 2.05) is 30.3 Å². The molecule has 0 bridgehead atoms. The van der Waals surface area contributed by atoms with E-state index < -0.39 is 16.5 Å². The fourth-order valence-corrected chi connectivity index (χ4v) is 1.07. The molecule has 2 atom stereocenters. The third-order valence-corrected chi connectivity index (χ3v) is 2.23. The molecule has 1 aromatic carbocycles. The Balaban J connectivity index is 0. The van der Waals surface area contributed by atoms with E-state index in [0.29, 0.717) is 0 Å². The van der Waals surface area contributed by atoms with Crippen molar-refractivity contribution in [3.8, 4) is 0 Å². The molecule has 0 heterocycles. The predicted molar refractivity (Wildman–Crippen MR) is 48.7 cm³/mol. The fourth-order valence-electron chi connectivity index (χ4n) is 0.638. The first-order valence-corrected chi connectivity index (χ1v) is 5.87. The largest absolute Gasteiger partial charge is 0.563 e. The Kier molecular flexibility index (Phi) is 13.2. The summed E-state index contributed by atoms with van der Waals surface area (Å²) in [5.41, 5.74) is 0.965. The van der Waals surface area contributed by atoms with Crippen molar-refractivity contribution in [1.29, 1.82) is 0 Å². The van der Waals surface area contributed by atoms with E-state index in [4.69, 9.17) is 5.11 Å². The molecule has 0 fully saturated rings. The van der Waals surface area contributed by atoms with Crippen molar-refractivity contribution < 1.29 is 50.7 Å². The third kappa shape index (κ3) is 12.1. The van der Waals surface area contributed by atoms with Crippen LogP contribution in [-0.4, -0.2) is 5.11 Å². The fraction of sp³-hybridized carbons (Fsp3) is 0.143. The smallest absolute Gasteiger partial charge is 0.543 e. The molecule has 1 rings (SSSR count). The van der Waals surface area contributed by atoms with Gasteiger partial charge in [-0.05, 0) is 14.7 Å². The molecule has 0 saturated heterocycles. The van der Waals surface area contributed by atoms with Crippen molar-refractivity contribution in [3.05, 3.63) is 35.9 Å². The number of hydrogen-bond donors (Lipinski definition) is 1. The van der Waals surface area contributed by atoms with Crippen LogP contribution in [0.1, 0.15) is 5.56 Å². The standard InChI is InChI=1S/C7H8O.Ag.O5P2/c8-6-7-4-2-1-3-5-7;;1-6(2)5-7(3)4/h1-5,8H,6H2;;. The maximum Gasteiger partial charge on any atom is 0.543 e. The van der Waals surface area contributed by atoms with Gasteiger partial charge in [0.2, 0.25) is 0 Å². The van der Waals surface area contributed by atoms with Crippen molar-refractivity contribution in [1.82, 2.24) is 0 Å². The van der Waals surface area contributed by atoms with E-state index in [9.17, 15) is 18.9 Å². The minimum atomic E-state index is -3.24. The molecule has 0 aromatic heterocycles. The number of benzene rings is 1. The van der Waals surface area contributed by atoms with E-state index in [-0.39, 0.29) is 29.0 Å². The number of hydrogen-bond acceptors (Lipinski definition) is 6. The van der Waals surface area contributed by atoms with Crippen LogP contribution in [0.15, 0.2) is 30.3 Å². The molecule has 0 aliphatic carbocycles. The molecular weight excluding hydrogens is 350 g/mol. The van der Waals surface area contributed by atoms with Gasteiger partial charge in [-0.3, -0.25) is 0 Å². The molecule has 1 radical (unpaired) electrons. The zero-order valence-electron chi connectivity index (χ0n) is 7.78. The molecule has 2 unspecified atom stereocenters. The number of aliphatic hydroxyl groups is 1. The van der Waals surface area contributed by atoms with Crippen LogP contribution in [0.4, 0.5) is 0 Å². The van der Waals surface area contributed by atoms with Crippen LogP contribution in [-0.2, 0) is 42.4 Å². The summed E-state index contributed by atoms with van der Waals surface area (Å²) in [6.45, 7) is 0.140. The van der Waals surface area contributed by atoms with Gasteiger partial charge in [-0.1, -0.05) is 30.3 Å². The van der Waals surface area contributed by atoms with Crippen molar-refractivity contribution >= 4 is 16.5 Å². The minimum Gasteiger partial charge on any atom is -0.563 e. The van der Waals surface area contributed by atoms with E-state index in [1.165, 1.54) is 0 Å². The average molecular weight is 358 g/mol. The maximum absolute atomic E-state index is 9.24. The molecule has 16 heavy (non-hydrogen) atoms. The van der Waals surface area contributed by atoms with E-state index in [0.717, 1.165) is 5.56 Å². The first-order chi connectivity index (χ1) is 7.06. The SMILES string of the molecule is O=[P+]([O-])O[P+](=O)[O-].OCc1ccccc1.[Ag]. The summed E-state index contributed by atoms with van der Waals surface area (Å²) in [4.78, 5) is 18.5. The van der Waals surface area contributed by atoms with Crippen molar-refractivity contribution in [2.45, 2.75) is 6.61 Å². The summed E-state index contributed by atoms with van der Waals surface area (Å²) in [5, 5.41) is 8.54. The molecule has 0 aliphatic rings. The summed E-state index contributed by atoms with van der Waals surface area (Å²) in [7, 11) is -6.47. The monoisotopic (exact) mass is 357 g/mol. The van der Waals surface area contributed by atoms with Gasteiger partial charge in [-0.2, -0.15) is 0 Å². The first-order valence-electron chi connectivity index (χ1n) is 3.68. The predicted octanol–water partition coefficient (Wildman–Crippen LogP) is 0.215. The minimum absolute atomic E-state index is 0. The molecule has 0 saturated carbocycles. The van der Waals surface area contributed by atoms with Gasteiger partial charge < -0.3 is 14.9 Å². The van der Waals surface area contributed by atoms with Gasteiger partial charge in [0.15, 0.2) is 0 Å². The van der Waals surface area contributed by atoms with Gasteiger partial charge in [0.05, 0.1) is 6.61 Å². The van der Waals surface area contributed by atoms with Gasteiger partial charge in [0, 0.05) is 22.4 Å². The first kappa shape index (κ1) is 18.4. The van der Waals surface area contributed by atoms with Gasteiger partial charge in [-0.25, -0.2) is 0 Å². The van der Waals surface area contributed by atoms with Gasteiger partial charge in [0.1, 0.15) is 4.31 Å². The zero-order valence-corrected chi connectivity index (χ0v) is 11.0. The van der Waals surface area contributed by atoms with Gasteiger partial charge >= 0.3 is 16.5 Å². The van der Waals surface area contributed by atoms with E-state index in [2.05, 4.69) is 4.31 Å². The zero-order chi connectivity index (χ0) is 11.7. The Bertz CT molecular complexity index is 308. The van der Waals surface area contributed by atoms with Crippen LogP contribution >= 0.6 is 16.5 Å². The molecule has 0 spiro atoms. The van der Waals surface area contributed by atoms with Gasteiger partial charge in [0.25, 0.3) is 0 Å². The van der Waals surface area contributed by atoms with Gasteiger partial charge in [-0.15, -0.1) is 0 Å². The van der Waals surface area contributed by atoms with Crippen molar-refractivity contribution in [3.63, 3.8) is 0 Å². The van der Waals surface area contributed by atoms with Crippen LogP contribution in [0.3, 0.4) is 0 Å². The maximum atomic E-state index is 9.24. The van der Waals surface area contributed by atoms with Crippen LogP contribution in [0, 0.1) is 0 Å². The normalized spacial score (nSPS) is 10.4. The van der Waals surface area contributed by atoms with Crippen LogP contribution in [0.2, 0.25) is 0 Å². The average Bonchev–Trinajstić information content (AvgIpc) is 2.18. The quantitative estimate of drug-likeness (QED) is 0.611. The number of rotatable bonds is 3. The van der Waals surface area contributed by atoms with Crippen molar-refractivity contribution in [2.24, 2.45) is 0 Å². The molecular formula is C7H8AgO6P2. The summed E-state index contributed by atoms with van der Waals surface area (Å²) >= 11 is 0. The second kappa shape index (κ2) is 11.5. The second-order valence-corrected chi connectivity index (χ2v) is 3.72. The molecule has 0 aliphatic heterocycles. The van der Waals surface area contributed by atoms with Crippen LogP contribution in [0.25, 0.3) is 0 Å². The Morgan fingerprint density at radius 1 is 1.12 bits per heavy atom. The van der Waals surface area contributed by atoms with E-state index in [1.54, 1.807) is 0 Å². The molecule has 93 valence electrons. The summed E-state index contributed by atoms with van der Waals surface area (Å²) in [6, 6.07) is 9.52. The summed E-state index contributed by atoms with van der Waals surface area (Å²) in [5.74, 6) is 0. The molecule has 1 aromatic rings. The summed E-state index contributed by atoms with van der Waals surface area (Å²) < 4.78 is 21.6. The summed E-state index contributed by atoms with van der Waals surface area (Å²) in [6.07, 6.45) is 0. The van der Waals surface area contributed by atoms with Crippen LogP contribution in [0.5, 0.6) is 0 Å². The van der Waals surface area contributed by atoms with E-state index >= 15 is 0 Å². The Hall–Kier alpha value is 0.000260. The molecule has 0 amide bonds. The Morgan fingerprint density at radius 3 is 1.75 bits per heavy atom. The van der Waals surface area contributed by atoms with Crippen molar-refractivity contribution in [2.75, 3.05) is 0 Å². The Labute approximate surface area is 110 Å². The molecule has 9 heteroatoms.